The fraction of sp³-hybridized carbons (Fsp3) is 0.167. The van der Waals surface area contributed by atoms with Crippen LogP contribution in [0, 0.1) is 0 Å². The molecule has 0 aromatic heterocycles. The predicted octanol–water partition coefficient (Wildman–Crippen LogP) is 4.13. The van der Waals surface area contributed by atoms with Gasteiger partial charge in [0, 0.05) is 11.8 Å². The Labute approximate surface area is 180 Å². The molecule has 0 saturated heterocycles. The number of hydrogen-bond acceptors (Lipinski definition) is 5. The molecular formula is C24H22N2O5. The van der Waals surface area contributed by atoms with Crippen LogP contribution in [-0.4, -0.2) is 33.1 Å². The number of rotatable bonds is 6. The lowest BCUT2D eigenvalue weighted by Crippen LogP contribution is -2.24. The molecule has 31 heavy (non-hydrogen) atoms. The molecule has 0 fully saturated rings. The van der Waals surface area contributed by atoms with Crippen LogP contribution in [0.1, 0.15) is 26.3 Å². The summed E-state index contributed by atoms with van der Waals surface area (Å²) in [5.74, 6) is 1.19. The summed E-state index contributed by atoms with van der Waals surface area (Å²) in [6, 6.07) is 17.7. The summed E-state index contributed by atoms with van der Waals surface area (Å²) >= 11 is 0. The molecule has 2 amide bonds. The highest BCUT2D eigenvalue weighted by molar-refractivity contribution is 6.18. The molecule has 7 heteroatoms. The maximum Gasteiger partial charge on any atom is 0.259 e. The molecular weight excluding hydrogens is 396 g/mol. The Balaban J connectivity index is 1.62. The summed E-state index contributed by atoms with van der Waals surface area (Å²) in [7, 11) is 4.66. The van der Waals surface area contributed by atoms with Crippen molar-refractivity contribution in [2.45, 2.75) is 6.54 Å². The van der Waals surface area contributed by atoms with Crippen LogP contribution in [0.2, 0.25) is 0 Å². The molecule has 0 saturated carbocycles. The summed E-state index contributed by atoms with van der Waals surface area (Å²) in [6.45, 7) is 0.396. The topological polar surface area (TPSA) is 77.1 Å². The lowest BCUT2D eigenvalue weighted by atomic mass is 10.0. The van der Waals surface area contributed by atoms with Crippen molar-refractivity contribution in [2.75, 3.05) is 31.5 Å². The molecule has 0 spiro atoms. The highest BCUT2D eigenvalue weighted by atomic mass is 16.5. The van der Waals surface area contributed by atoms with E-state index in [0.29, 0.717) is 40.6 Å². The number of fused-ring (bicyclic) bond motifs is 1. The van der Waals surface area contributed by atoms with E-state index < -0.39 is 0 Å². The Hall–Kier alpha value is -4.00. The number of methoxy groups -OCH3 is 3. The van der Waals surface area contributed by atoms with Crippen LogP contribution in [-0.2, 0) is 6.54 Å². The lowest BCUT2D eigenvalue weighted by molar-refractivity contribution is 0.0976. The number of carbonyl (C=O) groups is 2. The fourth-order valence-corrected chi connectivity index (χ4v) is 3.61. The second-order valence-electron chi connectivity index (χ2n) is 6.95. The van der Waals surface area contributed by atoms with Gasteiger partial charge in [-0.1, -0.05) is 12.1 Å². The van der Waals surface area contributed by atoms with E-state index in [0.717, 1.165) is 11.3 Å². The summed E-state index contributed by atoms with van der Waals surface area (Å²) in [5.41, 5.74) is 2.75. The van der Waals surface area contributed by atoms with E-state index in [4.69, 9.17) is 14.2 Å². The van der Waals surface area contributed by atoms with Crippen LogP contribution >= 0.6 is 0 Å². The largest absolute Gasteiger partial charge is 0.497 e. The highest BCUT2D eigenvalue weighted by Gasteiger charge is 2.32. The van der Waals surface area contributed by atoms with Crippen molar-refractivity contribution in [1.29, 1.82) is 0 Å². The Bertz CT molecular complexity index is 1140. The van der Waals surface area contributed by atoms with E-state index in [2.05, 4.69) is 5.32 Å². The van der Waals surface area contributed by atoms with Crippen LogP contribution in [0.3, 0.4) is 0 Å². The van der Waals surface area contributed by atoms with Crippen molar-refractivity contribution >= 4 is 23.2 Å². The smallest absolute Gasteiger partial charge is 0.259 e. The molecule has 1 aliphatic heterocycles. The summed E-state index contributed by atoms with van der Waals surface area (Å²) in [5, 5.41) is 2.84. The van der Waals surface area contributed by atoms with E-state index >= 15 is 0 Å². The molecule has 3 aromatic rings. The van der Waals surface area contributed by atoms with Crippen LogP contribution in [0.4, 0.5) is 11.4 Å². The van der Waals surface area contributed by atoms with Gasteiger partial charge in [-0.3, -0.25) is 9.59 Å². The first-order chi connectivity index (χ1) is 15.0. The van der Waals surface area contributed by atoms with Gasteiger partial charge in [-0.05, 0) is 48.0 Å². The van der Waals surface area contributed by atoms with Crippen LogP contribution < -0.4 is 24.4 Å². The molecule has 1 N–H and O–H groups in total. The maximum absolute atomic E-state index is 13.2. The van der Waals surface area contributed by atoms with Crippen LogP contribution in [0.5, 0.6) is 17.2 Å². The fourth-order valence-electron chi connectivity index (χ4n) is 3.61. The van der Waals surface area contributed by atoms with Crippen molar-refractivity contribution < 1.29 is 23.8 Å². The van der Waals surface area contributed by atoms with E-state index in [-0.39, 0.29) is 11.8 Å². The number of nitrogens with zero attached hydrogens (tertiary/aromatic N) is 1. The first-order valence-electron chi connectivity index (χ1n) is 9.67. The zero-order valence-electron chi connectivity index (χ0n) is 17.5. The summed E-state index contributed by atoms with van der Waals surface area (Å²) < 4.78 is 15.7. The zero-order valence-corrected chi connectivity index (χ0v) is 17.5. The molecule has 0 atom stereocenters. The minimum Gasteiger partial charge on any atom is -0.497 e. The number of carbonyl (C=O) groups excluding carboxylic acids is 2. The van der Waals surface area contributed by atoms with E-state index in [1.165, 1.54) is 7.11 Å². The number of amides is 2. The molecule has 7 nitrogen and oxygen atoms in total. The third-order valence-electron chi connectivity index (χ3n) is 5.22. The maximum atomic E-state index is 13.2. The van der Waals surface area contributed by atoms with Gasteiger partial charge < -0.3 is 24.4 Å². The van der Waals surface area contributed by atoms with Crippen molar-refractivity contribution in [2.24, 2.45) is 0 Å². The molecule has 0 unspecified atom stereocenters. The number of hydrogen-bond donors (Lipinski definition) is 1. The third kappa shape index (κ3) is 3.77. The quantitative estimate of drug-likeness (QED) is 0.652. The number of ether oxygens (including phenoxy) is 3. The molecule has 0 radical (unpaired) electrons. The van der Waals surface area contributed by atoms with Gasteiger partial charge in [0.25, 0.3) is 11.8 Å². The van der Waals surface area contributed by atoms with Crippen molar-refractivity contribution in [3.63, 3.8) is 0 Å². The van der Waals surface area contributed by atoms with Crippen LogP contribution in [0.15, 0.2) is 60.7 Å². The lowest BCUT2D eigenvalue weighted by Gasteiger charge is -2.16. The second-order valence-corrected chi connectivity index (χ2v) is 6.95. The number of benzene rings is 3. The molecule has 3 aromatic carbocycles. The van der Waals surface area contributed by atoms with Gasteiger partial charge in [0.15, 0.2) is 0 Å². The predicted molar refractivity (Wildman–Crippen MR) is 117 cm³/mol. The monoisotopic (exact) mass is 418 g/mol. The SMILES string of the molecule is COc1ccc(N2Cc3cccc(C(=O)Nc4ccc(OC)cc4OC)c3C2=O)cc1. The normalized spacial score (nSPS) is 12.4. The van der Waals surface area contributed by atoms with Gasteiger partial charge >= 0.3 is 0 Å². The zero-order chi connectivity index (χ0) is 22.0. The number of nitrogens with one attached hydrogen (secondary N) is 1. The minimum absolute atomic E-state index is 0.215. The highest BCUT2D eigenvalue weighted by Crippen LogP contribution is 2.33. The van der Waals surface area contributed by atoms with Crippen molar-refractivity contribution in [1.82, 2.24) is 0 Å². The Morgan fingerprint density at radius 3 is 2.29 bits per heavy atom. The van der Waals surface area contributed by atoms with Gasteiger partial charge in [-0.25, -0.2) is 0 Å². The molecule has 1 heterocycles. The van der Waals surface area contributed by atoms with Crippen LogP contribution in [0.25, 0.3) is 0 Å². The van der Waals surface area contributed by atoms with Crippen molar-refractivity contribution in [3.8, 4) is 17.2 Å². The minimum atomic E-state index is -0.384. The molecule has 158 valence electrons. The molecule has 4 rings (SSSR count). The summed E-state index contributed by atoms with van der Waals surface area (Å²) in [4.78, 5) is 27.9. The van der Waals surface area contributed by atoms with E-state index in [1.807, 2.05) is 18.2 Å². The summed E-state index contributed by atoms with van der Waals surface area (Å²) in [6.07, 6.45) is 0. The molecule has 1 aliphatic rings. The van der Waals surface area contributed by atoms with Crippen molar-refractivity contribution in [3.05, 3.63) is 77.4 Å². The Morgan fingerprint density at radius 2 is 1.61 bits per heavy atom. The standard InChI is InChI=1S/C24H22N2O5/c1-29-17-9-7-16(8-10-17)26-14-15-5-4-6-19(22(15)24(26)28)23(27)25-20-12-11-18(30-2)13-21(20)31-3/h4-13H,14H2,1-3H3,(H,25,27). The first kappa shape index (κ1) is 20.3. The van der Waals surface area contributed by atoms with Gasteiger partial charge in [0.05, 0.1) is 44.7 Å². The molecule has 0 aliphatic carbocycles. The third-order valence-corrected chi connectivity index (χ3v) is 5.22. The molecule has 0 bridgehead atoms. The van der Waals surface area contributed by atoms with Gasteiger partial charge in [-0.15, -0.1) is 0 Å². The number of anilines is 2. The Kier molecular flexibility index (Phi) is 5.49. The van der Waals surface area contributed by atoms with Gasteiger partial charge in [0.2, 0.25) is 0 Å². The van der Waals surface area contributed by atoms with E-state index in [1.54, 1.807) is 61.6 Å². The second kappa shape index (κ2) is 8.39. The Morgan fingerprint density at radius 1 is 0.903 bits per heavy atom. The van der Waals surface area contributed by atoms with E-state index in [9.17, 15) is 9.59 Å². The van der Waals surface area contributed by atoms with Gasteiger partial charge in [0.1, 0.15) is 17.2 Å². The average Bonchev–Trinajstić information content (AvgIpc) is 3.15. The first-order valence-corrected chi connectivity index (χ1v) is 9.67. The van der Waals surface area contributed by atoms with Gasteiger partial charge in [-0.2, -0.15) is 0 Å². The average molecular weight is 418 g/mol.